The monoisotopic (exact) mass is 455 g/mol. The van der Waals surface area contributed by atoms with Crippen LogP contribution in [-0.2, 0) is 14.3 Å². The Kier molecular flexibility index (Phi) is 8.63. The minimum absolute atomic E-state index is 0. The summed E-state index contributed by atoms with van der Waals surface area (Å²) in [5, 5.41) is 5.24. The lowest BCUT2D eigenvalue weighted by molar-refractivity contribution is -0.143. The molecule has 1 aromatic heterocycles. The van der Waals surface area contributed by atoms with Gasteiger partial charge in [0.25, 0.3) is 5.91 Å². The van der Waals surface area contributed by atoms with Gasteiger partial charge in [-0.1, -0.05) is 17.7 Å². The molecule has 0 aliphatic rings. The maximum atomic E-state index is 12.4. The number of rotatable bonds is 9. The SMILES string of the molecule is CCOC(=O)CC(NC(=O)CNC(=O)c1cccc(N=C(N)N)c1)c1ccc(Cl)s1.[HH].[HH]. The van der Waals surface area contributed by atoms with Gasteiger partial charge in [0.2, 0.25) is 5.91 Å². The number of nitrogens with zero attached hydrogens (tertiary/aromatic N) is 1. The molecule has 0 spiro atoms. The van der Waals surface area contributed by atoms with E-state index in [0.717, 1.165) is 0 Å². The fraction of sp³-hybridized carbons (Fsp3) is 0.263. The van der Waals surface area contributed by atoms with Crippen molar-refractivity contribution < 1.29 is 22.0 Å². The number of guanidine groups is 1. The van der Waals surface area contributed by atoms with Crippen LogP contribution in [-0.4, -0.2) is 36.9 Å². The number of nitrogens with two attached hydrogens (primary N) is 2. The van der Waals surface area contributed by atoms with Gasteiger partial charge in [0.1, 0.15) is 0 Å². The van der Waals surface area contributed by atoms with Crippen LogP contribution in [0.3, 0.4) is 0 Å². The van der Waals surface area contributed by atoms with Crippen LogP contribution in [0, 0.1) is 0 Å². The zero-order valence-electron chi connectivity index (χ0n) is 16.2. The standard InChI is InChI=1S/C19H22ClN5O4S.2H2/c1-2-29-17(27)9-13(14-6-7-15(20)30-14)25-16(26)10-23-18(28)11-4-3-5-12(8-11)24-19(21)22;;/h3-8,13H,2,9-10H2,1H3,(H,23,28)(H,25,26)(H4,21,22,24);2*1H. The quantitative estimate of drug-likeness (QED) is 0.259. The molecule has 0 aliphatic heterocycles. The zero-order chi connectivity index (χ0) is 22.1. The molecule has 0 saturated carbocycles. The third-order valence-electron chi connectivity index (χ3n) is 3.72. The summed E-state index contributed by atoms with van der Waals surface area (Å²) >= 11 is 7.21. The van der Waals surface area contributed by atoms with E-state index in [1.54, 1.807) is 37.3 Å². The van der Waals surface area contributed by atoms with Crippen molar-refractivity contribution in [1.29, 1.82) is 0 Å². The average Bonchev–Trinajstić information content (AvgIpc) is 3.12. The number of benzene rings is 1. The summed E-state index contributed by atoms with van der Waals surface area (Å²) < 4.78 is 5.49. The van der Waals surface area contributed by atoms with Crippen LogP contribution in [0.2, 0.25) is 4.34 Å². The first-order valence-electron chi connectivity index (χ1n) is 8.96. The first kappa shape index (κ1) is 23.2. The highest BCUT2D eigenvalue weighted by Gasteiger charge is 2.21. The highest BCUT2D eigenvalue weighted by molar-refractivity contribution is 7.16. The van der Waals surface area contributed by atoms with Crippen molar-refractivity contribution in [2.24, 2.45) is 16.5 Å². The molecule has 1 unspecified atom stereocenters. The molecule has 0 aliphatic carbocycles. The molecule has 0 bridgehead atoms. The Morgan fingerprint density at radius 1 is 1.27 bits per heavy atom. The number of amides is 2. The summed E-state index contributed by atoms with van der Waals surface area (Å²) in [6.07, 6.45) is -0.0507. The molecule has 2 amide bonds. The first-order chi connectivity index (χ1) is 14.3. The molecule has 0 saturated heterocycles. The van der Waals surface area contributed by atoms with Crippen LogP contribution < -0.4 is 22.1 Å². The number of aliphatic imine (C=N–C) groups is 1. The second kappa shape index (κ2) is 11.2. The third kappa shape index (κ3) is 7.37. The Morgan fingerprint density at radius 2 is 2.03 bits per heavy atom. The first-order valence-corrected chi connectivity index (χ1v) is 10.2. The highest BCUT2D eigenvalue weighted by Crippen LogP contribution is 2.29. The van der Waals surface area contributed by atoms with Gasteiger partial charge >= 0.3 is 5.97 Å². The van der Waals surface area contributed by atoms with Crippen molar-refractivity contribution in [3.8, 4) is 0 Å². The van der Waals surface area contributed by atoms with Crippen molar-refractivity contribution in [3.63, 3.8) is 0 Å². The lowest BCUT2D eigenvalue weighted by atomic mass is 10.1. The van der Waals surface area contributed by atoms with Crippen molar-refractivity contribution in [2.45, 2.75) is 19.4 Å². The summed E-state index contributed by atoms with van der Waals surface area (Å²) in [5.74, 6) is -1.53. The molecule has 30 heavy (non-hydrogen) atoms. The number of nitrogens with one attached hydrogen (secondary N) is 2. The second-order valence-electron chi connectivity index (χ2n) is 6.04. The molecule has 1 atom stereocenters. The molecule has 164 valence electrons. The lowest BCUT2D eigenvalue weighted by Gasteiger charge is -2.17. The normalized spacial score (nSPS) is 11.3. The summed E-state index contributed by atoms with van der Waals surface area (Å²) in [6.45, 7) is 1.65. The molecule has 11 heteroatoms. The van der Waals surface area contributed by atoms with Crippen LogP contribution >= 0.6 is 22.9 Å². The Labute approximate surface area is 185 Å². The Balaban J connectivity index is 0.00000480. The number of esters is 1. The molecule has 1 heterocycles. The molecule has 6 N–H and O–H groups in total. The van der Waals surface area contributed by atoms with Gasteiger partial charge in [-0.3, -0.25) is 14.4 Å². The largest absolute Gasteiger partial charge is 0.466 e. The van der Waals surface area contributed by atoms with Crippen LogP contribution in [0.5, 0.6) is 0 Å². The van der Waals surface area contributed by atoms with E-state index in [2.05, 4.69) is 15.6 Å². The molecular formula is C19H26ClN5O4S. The number of ether oxygens (including phenoxy) is 1. The average molecular weight is 456 g/mol. The van der Waals surface area contributed by atoms with E-state index in [9.17, 15) is 14.4 Å². The van der Waals surface area contributed by atoms with Gasteiger partial charge in [0.05, 0.1) is 35.6 Å². The van der Waals surface area contributed by atoms with Crippen molar-refractivity contribution in [1.82, 2.24) is 10.6 Å². The minimum Gasteiger partial charge on any atom is -0.466 e. The number of hydrogen-bond donors (Lipinski definition) is 4. The number of thiophene rings is 1. The van der Waals surface area contributed by atoms with E-state index in [1.807, 2.05) is 0 Å². The van der Waals surface area contributed by atoms with Crippen LogP contribution in [0.25, 0.3) is 0 Å². The molecule has 0 radical (unpaired) electrons. The van der Waals surface area contributed by atoms with Gasteiger partial charge in [-0.2, -0.15) is 0 Å². The summed E-state index contributed by atoms with van der Waals surface area (Å²) in [7, 11) is 0. The zero-order valence-corrected chi connectivity index (χ0v) is 17.8. The number of carbonyl (C=O) groups is 3. The van der Waals surface area contributed by atoms with Crippen molar-refractivity contribution >= 4 is 52.4 Å². The Bertz CT molecular complexity index is 953. The van der Waals surface area contributed by atoms with Gasteiger partial charge in [0, 0.05) is 13.3 Å². The van der Waals surface area contributed by atoms with E-state index >= 15 is 0 Å². The van der Waals surface area contributed by atoms with Crippen LogP contribution in [0.15, 0.2) is 41.4 Å². The molecule has 1 aromatic carbocycles. The van der Waals surface area contributed by atoms with E-state index < -0.39 is 23.8 Å². The fourth-order valence-corrected chi connectivity index (χ4v) is 3.61. The molecule has 2 aromatic rings. The summed E-state index contributed by atoms with van der Waals surface area (Å²) in [4.78, 5) is 41.1. The van der Waals surface area contributed by atoms with Crippen molar-refractivity contribution in [2.75, 3.05) is 13.2 Å². The Hall–Kier alpha value is -3.11. The third-order valence-corrected chi connectivity index (χ3v) is 5.07. The number of hydrogen-bond acceptors (Lipinski definition) is 6. The molecule has 9 nitrogen and oxygen atoms in total. The summed E-state index contributed by atoms with van der Waals surface area (Å²) in [5.41, 5.74) is 11.4. The summed E-state index contributed by atoms with van der Waals surface area (Å²) in [6, 6.07) is 9.10. The van der Waals surface area contributed by atoms with E-state index in [0.29, 0.717) is 20.5 Å². The van der Waals surface area contributed by atoms with Gasteiger partial charge < -0.3 is 26.8 Å². The molecule has 0 fully saturated rings. The lowest BCUT2D eigenvalue weighted by Crippen LogP contribution is -2.39. The number of halogens is 1. The van der Waals surface area contributed by atoms with E-state index in [1.165, 1.54) is 17.4 Å². The fourth-order valence-electron chi connectivity index (χ4n) is 2.50. The smallest absolute Gasteiger partial charge is 0.308 e. The van der Waals surface area contributed by atoms with Crippen molar-refractivity contribution in [3.05, 3.63) is 51.2 Å². The second-order valence-corrected chi connectivity index (χ2v) is 7.79. The van der Waals surface area contributed by atoms with Gasteiger partial charge in [-0.05, 0) is 37.3 Å². The van der Waals surface area contributed by atoms with E-state index in [-0.39, 0.29) is 28.4 Å². The number of carbonyl (C=O) groups excluding carboxylic acids is 3. The molecular weight excluding hydrogens is 430 g/mol. The van der Waals surface area contributed by atoms with Gasteiger partial charge in [0.15, 0.2) is 5.96 Å². The Morgan fingerprint density at radius 3 is 2.67 bits per heavy atom. The maximum absolute atomic E-state index is 12.4. The maximum Gasteiger partial charge on any atom is 0.308 e. The topological polar surface area (TPSA) is 149 Å². The van der Waals surface area contributed by atoms with Crippen LogP contribution in [0.4, 0.5) is 5.69 Å². The predicted molar refractivity (Wildman–Crippen MR) is 120 cm³/mol. The van der Waals surface area contributed by atoms with Gasteiger partial charge in [-0.15, -0.1) is 11.3 Å². The minimum atomic E-state index is -0.615. The van der Waals surface area contributed by atoms with Crippen LogP contribution in [0.1, 0.15) is 37.5 Å². The molecule has 2 rings (SSSR count). The van der Waals surface area contributed by atoms with Gasteiger partial charge in [-0.25, -0.2) is 4.99 Å². The predicted octanol–water partition coefficient (Wildman–Crippen LogP) is 2.34. The highest BCUT2D eigenvalue weighted by atomic mass is 35.5. The van der Waals surface area contributed by atoms with E-state index in [4.69, 9.17) is 27.8 Å².